The molecule has 1 amide bonds. The van der Waals surface area contributed by atoms with Crippen molar-refractivity contribution in [3.05, 3.63) is 24.3 Å². The predicted molar refractivity (Wildman–Crippen MR) is 81.0 cm³/mol. The second kappa shape index (κ2) is 6.75. The first-order chi connectivity index (χ1) is 9.58. The molecule has 0 spiro atoms. The number of benzene rings is 1. The van der Waals surface area contributed by atoms with Crippen LogP contribution in [0.2, 0.25) is 0 Å². The Balaban J connectivity index is 2.03. The molecular weight excluding hydrogens is 252 g/mol. The van der Waals surface area contributed by atoms with Gasteiger partial charge in [0.25, 0.3) is 0 Å². The normalized spacial score (nSPS) is 22.0. The van der Waals surface area contributed by atoms with Crippen LogP contribution in [0.1, 0.15) is 27.2 Å². The topological polar surface area (TPSA) is 50.4 Å². The molecule has 110 valence electrons. The monoisotopic (exact) mass is 276 g/mol. The fourth-order valence-electron chi connectivity index (χ4n) is 2.35. The maximum atomic E-state index is 12.3. The van der Waals surface area contributed by atoms with E-state index < -0.39 is 0 Å². The predicted octanol–water partition coefficient (Wildman–Crippen LogP) is 2.66. The van der Waals surface area contributed by atoms with Gasteiger partial charge in [0.15, 0.2) is 0 Å². The van der Waals surface area contributed by atoms with E-state index in [-0.39, 0.29) is 11.9 Å². The highest BCUT2D eigenvalue weighted by Crippen LogP contribution is 2.25. The third-order valence-corrected chi connectivity index (χ3v) is 3.53. The molecule has 0 aliphatic carbocycles. The molecule has 1 aliphatic rings. The minimum Gasteiger partial charge on any atom is -0.491 e. The minimum absolute atomic E-state index is 0.0237. The van der Waals surface area contributed by atoms with Crippen molar-refractivity contribution in [2.75, 3.05) is 18.5 Å². The van der Waals surface area contributed by atoms with Crippen LogP contribution in [0.15, 0.2) is 24.3 Å². The summed E-state index contributed by atoms with van der Waals surface area (Å²) in [5.74, 6) is 1.59. The van der Waals surface area contributed by atoms with E-state index in [9.17, 15) is 4.79 Å². The molecule has 4 heteroatoms. The van der Waals surface area contributed by atoms with Crippen molar-refractivity contribution in [3.63, 3.8) is 0 Å². The summed E-state index contributed by atoms with van der Waals surface area (Å²) in [6, 6.07) is 7.50. The fraction of sp³-hybridized carbons (Fsp3) is 0.562. The van der Waals surface area contributed by atoms with Gasteiger partial charge in [-0.2, -0.15) is 0 Å². The third-order valence-electron chi connectivity index (χ3n) is 3.53. The van der Waals surface area contributed by atoms with Crippen molar-refractivity contribution >= 4 is 11.6 Å². The lowest BCUT2D eigenvalue weighted by Gasteiger charge is -2.18. The minimum atomic E-state index is -0.104. The molecule has 1 fully saturated rings. The average Bonchev–Trinajstić information content (AvgIpc) is 2.84. The van der Waals surface area contributed by atoms with Crippen molar-refractivity contribution < 1.29 is 9.53 Å². The second-order valence-corrected chi connectivity index (χ2v) is 5.89. The first-order valence-electron chi connectivity index (χ1n) is 7.34. The number of rotatable bonds is 5. The number of carbonyl (C=O) groups excluding carboxylic acids is 1. The van der Waals surface area contributed by atoms with Crippen LogP contribution < -0.4 is 15.4 Å². The van der Waals surface area contributed by atoms with E-state index in [1.54, 1.807) is 0 Å². The van der Waals surface area contributed by atoms with E-state index in [1.807, 2.05) is 24.3 Å². The molecule has 4 nitrogen and oxygen atoms in total. The first-order valence-corrected chi connectivity index (χ1v) is 7.34. The molecule has 2 N–H and O–H groups in total. The van der Waals surface area contributed by atoms with Gasteiger partial charge >= 0.3 is 0 Å². The summed E-state index contributed by atoms with van der Waals surface area (Å²) < 4.78 is 5.75. The van der Waals surface area contributed by atoms with E-state index in [2.05, 4.69) is 31.4 Å². The van der Waals surface area contributed by atoms with Gasteiger partial charge < -0.3 is 15.4 Å². The maximum absolute atomic E-state index is 12.3. The zero-order valence-corrected chi connectivity index (χ0v) is 12.5. The lowest BCUT2D eigenvalue weighted by atomic mass is 10.0. The Labute approximate surface area is 120 Å². The van der Waals surface area contributed by atoms with Crippen molar-refractivity contribution in [2.45, 2.75) is 33.2 Å². The van der Waals surface area contributed by atoms with Gasteiger partial charge in [0.1, 0.15) is 5.75 Å². The number of nitrogens with one attached hydrogen (secondary N) is 2. The molecule has 1 saturated heterocycles. The van der Waals surface area contributed by atoms with E-state index in [4.69, 9.17) is 4.74 Å². The highest BCUT2D eigenvalue weighted by atomic mass is 16.5. The molecule has 20 heavy (non-hydrogen) atoms. The van der Waals surface area contributed by atoms with Crippen LogP contribution in [0, 0.1) is 11.8 Å². The molecule has 0 bridgehead atoms. The van der Waals surface area contributed by atoms with Gasteiger partial charge in [0.05, 0.1) is 18.3 Å². The summed E-state index contributed by atoms with van der Waals surface area (Å²) >= 11 is 0. The van der Waals surface area contributed by atoms with Crippen LogP contribution in [-0.2, 0) is 4.79 Å². The summed E-state index contributed by atoms with van der Waals surface area (Å²) in [6.45, 7) is 7.86. The lowest BCUT2D eigenvalue weighted by Crippen LogP contribution is -2.39. The Kier molecular flexibility index (Phi) is 5.01. The largest absolute Gasteiger partial charge is 0.491 e. The number of hydrogen-bond acceptors (Lipinski definition) is 3. The van der Waals surface area contributed by atoms with Gasteiger partial charge in [-0.15, -0.1) is 0 Å². The lowest BCUT2D eigenvalue weighted by molar-refractivity contribution is -0.118. The number of anilines is 1. The fourth-order valence-corrected chi connectivity index (χ4v) is 2.35. The Morgan fingerprint density at radius 2 is 2.20 bits per heavy atom. The van der Waals surface area contributed by atoms with Gasteiger partial charge in [0.2, 0.25) is 5.91 Å². The van der Waals surface area contributed by atoms with Crippen LogP contribution in [0.5, 0.6) is 5.75 Å². The molecule has 1 heterocycles. The number of ether oxygens (including phenoxy) is 1. The Hall–Kier alpha value is -1.55. The van der Waals surface area contributed by atoms with Gasteiger partial charge in [-0.3, -0.25) is 4.79 Å². The Morgan fingerprint density at radius 3 is 2.85 bits per heavy atom. The van der Waals surface area contributed by atoms with Crippen molar-refractivity contribution in [2.24, 2.45) is 11.8 Å². The zero-order chi connectivity index (χ0) is 14.5. The average molecular weight is 276 g/mol. The number of carbonyl (C=O) groups is 1. The molecule has 0 radical (unpaired) electrons. The summed E-state index contributed by atoms with van der Waals surface area (Å²) in [7, 11) is 0. The summed E-state index contributed by atoms with van der Waals surface area (Å²) in [5.41, 5.74) is 0.749. The van der Waals surface area contributed by atoms with Crippen LogP contribution >= 0.6 is 0 Å². The first kappa shape index (κ1) is 14.9. The molecule has 0 saturated carbocycles. The molecule has 1 aromatic carbocycles. The quantitative estimate of drug-likeness (QED) is 0.869. The SMILES string of the molecule is CC(C)COc1ccccc1NC(=O)C1NCCC1C. The van der Waals surface area contributed by atoms with Crippen molar-refractivity contribution in [1.29, 1.82) is 0 Å². The van der Waals surface area contributed by atoms with Gasteiger partial charge in [-0.25, -0.2) is 0 Å². The number of hydrogen-bond donors (Lipinski definition) is 2. The van der Waals surface area contributed by atoms with Crippen molar-refractivity contribution in [3.8, 4) is 5.75 Å². The van der Waals surface area contributed by atoms with E-state index in [0.29, 0.717) is 18.4 Å². The highest BCUT2D eigenvalue weighted by Gasteiger charge is 2.29. The molecule has 2 atom stereocenters. The summed E-state index contributed by atoms with van der Waals surface area (Å²) in [4.78, 5) is 12.3. The molecule has 1 aliphatic heterocycles. The van der Waals surface area contributed by atoms with Crippen LogP contribution in [0.4, 0.5) is 5.69 Å². The van der Waals surface area contributed by atoms with E-state index >= 15 is 0 Å². The van der Waals surface area contributed by atoms with Crippen LogP contribution in [0.3, 0.4) is 0 Å². The van der Waals surface area contributed by atoms with E-state index in [0.717, 1.165) is 24.4 Å². The molecular formula is C16H24N2O2. The third kappa shape index (κ3) is 3.73. The standard InChI is InChI=1S/C16H24N2O2/c1-11(2)10-20-14-7-5-4-6-13(14)18-16(19)15-12(3)8-9-17-15/h4-7,11-12,15,17H,8-10H2,1-3H3,(H,18,19). The molecule has 0 aromatic heterocycles. The maximum Gasteiger partial charge on any atom is 0.241 e. The Bertz CT molecular complexity index is 460. The second-order valence-electron chi connectivity index (χ2n) is 5.89. The summed E-state index contributed by atoms with van der Waals surface area (Å²) in [5, 5.41) is 6.22. The van der Waals surface area contributed by atoms with Crippen LogP contribution in [0.25, 0.3) is 0 Å². The van der Waals surface area contributed by atoms with E-state index in [1.165, 1.54) is 0 Å². The van der Waals surface area contributed by atoms with Crippen LogP contribution in [-0.4, -0.2) is 25.1 Å². The van der Waals surface area contributed by atoms with Crippen molar-refractivity contribution in [1.82, 2.24) is 5.32 Å². The number of amides is 1. The molecule has 2 rings (SSSR count). The van der Waals surface area contributed by atoms with Gasteiger partial charge in [0, 0.05) is 0 Å². The summed E-state index contributed by atoms with van der Waals surface area (Å²) in [6.07, 6.45) is 1.05. The molecule has 2 unspecified atom stereocenters. The zero-order valence-electron chi connectivity index (χ0n) is 12.5. The molecule has 1 aromatic rings. The smallest absolute Gasteiger partial charge is 0.241 e. The van der Waals surface area contributed by atoms with Gasteiger partial charge in [-0.05, 0) is 36.9 Å². The van der Waals surface area contributed by atoms with Gasteiger partial charge in [-0.1, -0.05) is 32.9 Å². The Morgan fingerprint density at radius 1 is 1.45 bits per heavy atom. The highest BCUT2D eigenvalue weighted by molar-refractivity contribution is 5.96. The number of para-hydroxylation sites is 2.